The first-order valence-corrected chi connectivity index (χ1v) is 6.53. The summed E-state index contributed by atoms with van der Waals surface area (Å²) in [4.78, 5) is 0. The molecule has 15 heavy (non-hydrogen) atoms. The van der Waals surface area contributed by atoms with Gasteiger partial charge in [-0.2, -0.15) is 11.8 Å². The molecule has 0 amide bonds. The van der Waals surface area contributed by atoms with E-state index in [1.54, 1.807) is 23.9 Å². The van der Waals surface area contributed by atoms with E-state index in [1.165, 1.54) is 6.07 Å². The normalized spacial score (nSPS) is 12.7. The summed E-state index contributed by atoms with van der Waals surface area (Å²) in [5.74, 6) is 0.796. The molecule has 1 atom stereocenters. The zero-order valence-corrected chi connectivity index (χ0v) is 9.77. The van der Waals surface area contributed by atoms with Gasteiger partial charge >= 0.3 is 0 Å². The van der Waals surface area contributed by atoms with Crippen LogP contribution in [0, 0.1) is 5.82 Å². The van der Waals surface area contributed by atoms with E-state index in [1.807, 2.05) is 6.07 Å². The number of halogens is 1. The van der Waals surface area contributed by atoms with Crippen molar-refractivity contribution in [2.45, 2.75) is 18.8 Å². The first-order chi connectivity index (χ1) is 7.29. The van der Waals surface area contributed by atoms with Crippen molar-refractivity contribution in [1.82, 2.24) is 0 Å². The minimum atomic E-state index is -0.208. The molecule has 3 heteroatoms. The molecule has 0 aliphatic carbocycles. The van der Waals surface area contributed by atoms with Crippen molar-refractivity contribution >= 4 is 11.8 Å². The van der Waals surface area contributed by atoms with Gasteiger partial charge in [0, 0.05) is 5.92 Å². The highest BCUT2D eigenvalue weighted by molar-refractivity contribution is 7.98. The Morgan fingerprint density at radius 3 is 2.73 bits per heavy atom. The van der Waals surface area contributed by atoms with E-state index in [4.69, 9.17) is 0 Å². The summed E-state index contributed by atoms with van der Waals surface area (Å²) in [7, 11) is 0. The SMILES string of the molecule is CSCCCC(CO)c1ccccc1F. The van der Waals surface area contributed by atoms with Crippen LogP contribution in [0.2, 0.25) is 0 Å². The molecule has 0 fully saturated rings. The Morgan fingerprint density at radius 1 is 1.40 bits per heavy atom. The zero-order chi connectivity index (χ0) is 11.1. The smallest absolute Gasteiger partial charge is 0.126 e. The highest BCUT2D eigenvalue weighted by atomic mass is 32.2. The molecule has 0 aliphatic heterocycles. The van der Waals surface area contributed by atoms with Crippen molar-refractivity contribution in [3.8, 4) is 0 Å². The fourth-order valence-corrected chi connectivity index (χ4v) is 2.08. The molecule has 0 saturated heterocycles. The average Bonchev–Trinajstić information content (AvgIpc) is 2.26. The maximum Gasteiger partial charge on any atom is 0.126 e. The van der Waals surface area contributed by atoms with Gasteiger partial charge in [0.05, 0.1) is 6.61 Å². The van der Waals surface area contributed by atoms with Gasteiger partial charge in [0.25, 0.3) is 0 Å². The van der Waals surface area contributed by atoms with Gasteiger partial charge in [-0.3, -0.25) is 0 Å². The highest BCUT2D eigenvalue weighted by Crippen LogP contribution is 2.23. The third-order valence-corrected chi connectivity index (χ3v) is 3.16. The van der Waals surface area contributed by atoms with Crippen molar-refractivity contribution in [1.29, 1.82) is 0 Å². The number of rotatable bonds is 6. The molecule has 84 valence electrons. The van der Waals surface area contributed by atoms with Gasteiger partial charge in [0.1, 0.15) is 5.82 Å². The van der Waals surface area contributed by atoms with Gasteiger partial charge in [0.15, 0.2) is 0 Å². The molecule has 0 saturated carbocycles. The first kappa shape index (κ1) is 12.5. The van der Waals surface area contributed by atoms with Gasteiger partial charge in [-0.05, 0) is 36.5 Å². The molecular formula is C12H17FOS. The lowest BCUT2D eigenvalue weighted by atomic mass is 9.95. The number of thioether (sulfide) groups is 1. The highest BCUT2D eigenvalue weighted by Gasteiger charge is 2.13. The Morgan fingerprint density at radius 2 is 2.13 bits per heavy atom. The first-order valence-electron chi connectivity index (χ1n) is 5.13. The molecule has 0 heterocycles. The van der Waals surface area contributed by atoms with Crippen LogP contribution >= 0.6 is 11.8 Å². The summed E-state index contributed by atoms with van der Waals surface area (Å²) in [5.41, 5.74) is 0.640. The van der Waals surface area contributed by atoms with Crippen LogP contribution in [0.4, 0.5) is 4.39 Å². The van der Waals surface area contributed by atoms with E-state index in [-0.39, 0.29) is 18.3 Å². The molecule has 0 aliphatic rings. The summed E-state index contributed by atoms with van der Waals surface area (Å²) in [6.07, 6.45) is 3.91. The van der Waals surface area contributed by atoms with Crippen LogP contribution in [0.25, 0.3) is 0 Å². The van der Waals surface area contributed by atoms with E-state index in [0.29, 0.717) is 5.56 Å². The molecule has 1 aromatic carbocycles. The average molecular weight is 228 g/mol. The Bertz CT molecular complexity index is 291. The minimum Gasteiger partial charge on any atom is -0.396 e. The number of aliphatic hydroxyl groups is 1. The molecule has 0 aromatic heterocycles. The third-order valence-electron chi connectivity index (χ3n) is 2.47. The molecule has 0 bridgehead atoms. The standard InChI is InChI=1S/C12H17FOS/c1-15-8-4-5-10(9-14)11-6-2-3-7-12(11)13/h2-3,6-7,10,14H,4-5,8-9H2,1H3. The predicted octanol–water partition coefficient (Wildman–Crippen LogP) is 3.04. The molecule has 1 aromatic rings. The summed E-state index contributed by atoms with van der Waals surface area (Å²) < 4.78 is 13.4. The number of hydrogen-bond acceptors (Lipinski definition) is 2. The maximum absolute atomic E-state index is 13.4. The van der Waals surface area contributed by atoms with Crippen LogP contribution in [0.1, 0.15) is 24.3 Å². The third kappa shape index (κ3) is 3.84. The summed E-state index contributed by atoms with van der Waals surface area (Å²) >= 11 is 1.78. The second-order valence-electron chi connectivity index (χ2n) is 3.54. The van der Waals surface area contributed by atoms with Crippen LogP contribution < -0.4 is 0 Å². The van der Waals surface area contributed by atoms with Crippen molar-refractivity contribution in [3.63, 3.8) is 0 Å². The Kier molecular flexibility index (Phi) is 5.73. The van der Waals surface area contributed by atoms with Crippen molar-refractivity contribution in [2.24, 2.45) is 0 Å². The molecule has 1 nitrogen and oxygen atoms in total. The van der Waals surface area contributed by atoms with Crippen LogP contribution in [0.5, 0.6) is 0 Å². The molecular weight excluding hydrogens is 211 g/mol. The summed E-state index contributed by atoms with van der Waals surface area (Å²) in [6.45, 7) is 0.0231. The van der Waals surface area contributed by atoms with E-state index in [2.05, 4.69) is 6.26 Å². The van der Waals surface area contributed by atoms with Crippen LogP contribution in [-0.4, -0.2) is 23.7 Å². The van der Waals surface area contributed by atoms with Gasteiger partial charge < -0.3 is 5.11 Å². The fourth-order valence-electron chi connectivity index (χ4n) is 1.63. The van der Waals surface area contributed by atoms with E-state index < -0.39 is 0 Å². The molecule has 0 radical (unpaired) electrons. The van der Waals surface area contributed by atoms with Crippen molar-refractivity contribution in [2.75, 3.05) is 18.6 Å². The Labute approximate surface area is 94.7 Å². The van der Waals surface area contributed by atoms with E-state index in [0.717, 1.165) is 18.6 Å². The minimum absolute atomic E-state index is 0.0231. The summed E-state index contributed by atoms with van der Waals surface area (Å²) in [6, 6.07) is 6.70. The lowest BCUT2D eigenvalue weighted by molar-refractivity contribution is 0.256. The number of aliphatic hydroxyl groups excluding tert-OH is 1. The lowest BCUT2D eigenvalue weighted by Gasteiger charge is -2.14. The monoisotopic (exact) mass is 228 g/mol. The topological polar surface area (TPSA) is 20.2 Å². The molecule has 1 rings (SSSR count). The van der Waals surface area contributed by atoms with Crippen LogP contribution in [-0.2, 0) is 0 Å². The maximum atomic E-state index is 13.4. The van der Waals surface area contributed by atoms with E-state index in [9.17, 15) is 9.50 Å². The van der Waals surface area contributed by atoms with Gasteiger partial charge in [0.2, 0.25) is 0 Å². The molecule has 1 N–H and O–H groups in total. The number of hydrogen-bond donors (Lipinski definition) is 1. The lowest BCUT2D eigenvalue weighted by Crippen LogP contribution is -2.06. The zero-order valence-electron chi connectivity index (χ0n) is 8.95. The Hall–Kier alpha value is -0.540. The van der Waals surface area contributed by atoms with E-state index >= 15 is 0 Å². The second kappa shape index (κ2) is 6.85. The fraction of sp³-hybridized carbons (Fsp3) is 0.500. The predicted molar refractivity (Wildman–Crippen MR) is 63.8 cm³/mol. The van der Waals surface area contributed by atoms with Crippen molar-refractivity contribution in [3.05, 3.63) is 35.6 Å². The van der Waals surface area contributed by atoms with Crippen LogP contribution in [0.3, 0.4) is 0 Å². The molecule has 0 spiro atoms. The van der Waals surface area contributed by atoms with Gasteiger partial charge in [-0.25, -0.2) is 4.39 Å². The van der Waals surface area contributed by atoms with Gasteiger partial charge in [-0.15, -0.1) is 0 Å². The second-order valence-corrected chi connectivity index (χ2v) is 4.52. The number of benzene rings is 1. The van der Waals surface area contributed by atoms with Crippen LogP contribution in [0.15, 0.2) is 24.3 Å². The van der Waals surface area contributed by atoms with Crippen molar-refractivity contribution < 1.29 is 9.50 Å². The summed E-state index contributed by atoms with van der Waals surface area (Å²) in [5, 5.41) is 9.23. The Balaban J connectivity index is 2.61. The quantitative estimate of drug-likeness (QED) is 0.755. The largest absolute Gasteiger partial charge is 0.396 e. The van der Waals surface area contributed by atoms with Gasteiger partial charge in [-0.1, -0.05) is 18.2 Å². The molecule has 1 unspecified atom stereocenters.